The fourth-order valence-electron chi connectivity index (χ4n) is 8.76. The highest BCUT2D eigenvalue weighted by Crippen LogP contribution is 2.65. The summed E-state index contributed by atoms with van der Waals surface area (Å²) >= 11 is 0. The Kier molecular flexibility index (Phi) is 10.3. The van der Waals surface area contributed by atoms with Crippen molar-refractivity contribution in [3.05, 3.63) is 0 Å². The second-order valence-electron chi connectivity index (χ2n) is 16.8. The molecule has 48 heavy (non-hydrogen) atoms. The molecule has 6 atom stereocenters. The molecule has 1 unspecified atom stereocenters. The fraction of sp³-hybridized carbons (Fsp3) is 0.857. The molecule has 0 aromatic rings. The minimum absolute atomic E-state index is 0.00878. The average molecular weight is 692 g/mol. The quantitative estimate of drug-likeness (QED) is 0.241. The third-order valence-electron chi connectivity index (χ3n) is 11.8. The van der Waals surface area contributed by atoms with Crippen LogP contribution in [0.1, 0.15) is 119 Å². The highest BCUT2D eigenvalue weighted by Gasteiger charge is 2.70. The second-order valence-corrected chi connectivity index (χ2v) is 19.1. The number of piperidine rings is 1. The molecule has 3 saturated carbocycles. The van der Waals surface area contributed by atoms with Gasteiger partial charge in [0.2, 0.25) is 17.6 Å². The zero-order valence-electron chi connectivity index (χ0n) is 29.7. The number of fused-ring (bicyclic) bond motifs is 1. The number of nitrogens with zero attached hydrogens (tertiary/aromatic N) is 1. The lowest BCUT2D eigenvalue weighted by Crippen LogP contribution is -2.66. The van der Waals surface area contributed by atoms with E-state index in [0.717, 1.165) is 38.5 Å². The Morgan fingerprint density at radius 2 is 1.58 bits per heavy atom. The van der Waals surface area contributed by atoms with Gasteiger partial charge in [-0.05, 0) is 67.6 Å². The van der Waals surface area contributed by atoms with Gasteiger partial charge in [0, 0.05) is 12.6 Å². The molecule has 0 aromatic heterocycles. The van der Waals surface area contributed by atoms with Gasteiger partial charge in [-0.3, -0.25) is 19.2 Å². The molecule has 0 aromatic carbocycles. The number of sulfone groups is 1. The van der Waals surface area contributed by atoms with Crippen LogP contribution in [0.4, 0.5) is 4.79 Å². The highest BCUT2D eigenvalue weighted by atomic mass is 32.2. The molecule has 0 spiro atoms. The van der Waals surface area contributed by atoms with E-state index in [-0.39, 0.29) is 29.0 Å². The molecule has 0 radical (unpaired) electrons. The Bertz CT molecular complexity index is 1400. The molecule has 2 saturated heterocycles. The summed E-state index contributed by atoms with van der Waals surface area (Å²) in [6.45, 7) is 11.9. The summed E-state index contributed by atoms with van der Waals surface area (Å²) in [4.78, 5) is 69.6. The van der Waals surface area contributed by atoms with E-state index in [9.17, 15) is 32.4 Å². The molecule has 5 fully saturated rings. The third kappa shape index (κ3) is 7.40. The van der Waals surface area contributed by atoms with Gasteiger partial charge in [-0.15, -0.1) is 0 Å². The van der Waals surface area contributed by atoms with Crippen molar-refractivity contribution < 1.29 is 32.4 Å². The van der Waals surface area contributed by atoms with Crippen molar-refractivity contribution in [1.82, 2.24) is 26.2 Å². The van der Waals surface area contributed by atoms with Crippen molar-refractivity contribution in [1.29, 1.82) is 0 Å². The first kappa shape index (κ1) is 36.6. The fourth-order valence-corrected chi connectivity index (χ4v) is 11.2. The summed E-state index contributed by atoms with van der Waals surface area (Å²) in [6.07, 6.45) is 8.25. The molecule has 4 N–H and O–H groups in total. The van der Waals surface area contributed by atoms with Gasteiger partial charge in [-0.2, -0.15) is 0 Å². The summed E-state index contributed by atoms with van der Waals surface area (Å²) in [6, 6.07) is -3.43. The lowest BCUT2D eigenvalue weighted by atomic mass is 9.77. The molecule has 5 rings (SSSR count). The summed E-state index contributed by atoms with van der Waals surface area (Å²) in [5.74, 6) is -2.16. The number of rotatable bonds is 11. The monoisotopic (exact) mass is 691 g/mol. The Hall–Kier alpha value is -2.70. The number of urea groups is 1. The molecular formula is C35H57N5O7S. The summed E-state index contributed by atoms with van der Waals surface area (Å²) in [5, 5.41) is 10.9. The van der Waals surface area contributed by atoms with Crippen molar-refractivity contribution >= 4 is 39.4 Å². The van der Waals surface area contributed by atoms with Crippen molar-refractivity contribution in [2.45, 2.75) is 154 Å². The van der Waals surface area contributed by atoms with Gasteiger partial charge in [0.1, 0.15) is 12.1 Å². The van der Waals surface area contributed by atoms with Crippen LogP contribution in [0.5, 0.6) is 0 Å². The van der Waals surface area contributed by atoms with Crippen LogP contribution in [0.3, 0.4) is 0 Å². The van der Waals surface area contributed by atoms with Crippen molar-refractivity contribution in [2.24, 2.45) is 22.7 Å². The van der Waals surface area contributed by atoms with Crippen LogP contribution in [0.15, 0.2) is 0 Å². The lowest BCUT2D eigenvalue weighted by Gasteiger charge is -2.45. The van der Waals surface area contributed by atoms with Gasteiger partial charge in [0.15, 0.2) is 9.84 Å². The lowest BCUT2D eigenvalue weighted by molar-refractivity contribution is -0.145. The molecule has 0 bridgehead atoms. The normalized spacial score (nSPS) is 29.8. The molecule has 2 aliphatic heterocycles. The van der Waals surface area contributed by atoms with Gasteiger partial charge in [0.05, 0.1) is 22.6 Å². The molecule has 3 aliphatic carbocycles. The number of hydrogen-bond acceptors (Lipinski definition) is 7. The maximum atomic E-state index is 14.5. The molecule has 270 valence electrons. The minimum atomic E-state index is -3.38. The van der Waals surface area contributed by atoms with Gasteiger partial charge in [-0.25, -0.2) is 13.2 Å². The van der Waals surface area contributed by atoms with Gasteiger partial charge in [-0.1, -0.05) is 73.6 Å². The minimum Gasteiger partial charge on any atom is -0.347 e. The average Bonchev–Trinajstić information content (AvgIpc) is 3.85. The van der Waals surface area contributed by atoms with E-state index in [1.54, 1.807) is 4.90 Å². The van der Waals surface area contributed by atoms with Crippen LogP contribution in [0, 0.1) is 22.7 Å². The Morgan fingerprint density at radius 3 is 2.17 bits per heavy atom. The number of hydrogen-bond donors (Lipinski definition) is 4. The zero-order valence-corrected chi connectivity index (χ0v) is 30.5. The van der Waals surface area contributed by atoms with E-state index in [2.05, 4.69) is 35.1 Å². The standard InChI is InChI=1S/C35H57N5O7S/c1-7-13-23(27(41)30(43)36-21-15-16-21)37-29(42)26-25-22(34(25,5)6)20-40(26)31(44)28(33(2,3)4)38-32(45)39-35(17-10-8-11-18-35)24-14-9-12-19-48(24,46)47/h21-26,28H,7-20H2,1-6H3,(H,36,43)(H,37,42)(H2,38,39,45)/t22-,23-,24?,25-,26-,28+/m0/s1. The predicted molar refractivity (Wildman–Crippen MR) is 181 cm³/mol. The number of ketones is 1. The maximum Gasteiger partial charge on any atom is 0.315 e. The topological polar surface area (TPSA) is 171 Å². The Morgan fingerprint density at radius 1 is 0.917 bits per heavy atom. The van der Waals surface area contributed by atoms with Crippen molar-refractivity contribution in [3.8, 4) is 0 Å². The van der Waals surface area contributed by atoms with Crippen molar-refractivity contribution in [2.75, 3.05) is 12.3 Å². The van der Waals surface area contributed by atoms with Crippen LogP contribution in [-0.2, 0) is 29.0 Å². The van der Waals surface area contributed by atoms with Crippen LogP contribution >= 0.6 is 0 Å². The molecule has 13 heteroatoms. The van der Waals surface area contributed by atoms with Gasteiger partial charge < -0.3 is 26.2 Å². The smallest absolute Gasteiger partial charge is 0.315 e. The molecule has 2 heterocycles. The number of amides is 5. The predicted octanol–water partition coefficient (Wildman–Crippen LogP) is 2.99. The van der Waals surface area contributed by atoms with Crippen molar-refractivity contribution in [3.63, 3.8) is 0 Å². The third-order valence-corrected chi connectivity index (χ3v) is 14.2. The highest BCUT2D eigenvalue weighted by molar-refractivity contribution is 7.92. The van der Waals surface area contributed by atoms with Crippen LogP contribution in [0.25, 0.3) is 0 Å². The van der Waals surface area contributed by atoms with E-state index in [0.29, 0.717) is 45.1 Å². The second kappa shape index (κ2) is 13.5. The van der Waals surface area contributed by atoms with E-state index >= 15 is 0 Å². The molecule has 5 aliphatic rings. The summed E-state index contributed by atoms with van der Waals surface area (Å²) in [5.41, 5.74) is -1.81. The number of carbonyl (C=O) groups is 5. The van der Waals surface area contributed by atoms with Crippen LogP contribution in [0.2, 0.25) is 0 Å². The molecular weight excluding hydrogens is 634 g/mol. The Labute approximate surface area is 286 Å². The van der Waals surface area contributed by atoms with E-state index in [4.69, 9.17) is 0 Å². The number of nitrogens with one attached hydrogen (secondary N) is 4. The number of Topliss-reactive ketones (excluding diaryl/α,β-unsaturated/α-hetero) is 1. The van der Waals surface area contributed by atoms with Crippen LogP contribution in [-0.4, -0.2) is 90.1 Å². The number of carbonyl (C=O) groups excluding carboxylic acids is 5. The Balaban J connectivity index is 1.34. The van der Waals surface area contributed by atoms with Gasteiger partial charge >= 0.3 is 6.03 Å². The molecule has 5 amide bonds. The summed E-state index contributed by atoms with van der Waals surface area (Å²) in [7, 11) is -3.38. The first-order valence-corrected chi connectivity index (χ1v) is 19.9. The van der Waals surface area contributed by atoms with E-state index in [1.165, 1.54) is 0 Å². The van der Waals surface area contributed by atoms with Crippen LogP contribution < -0.4 is 21.3 Å². The van der Waals surface area contributed by atoms with E-state index < -0.39 is 73.7 Å². The SMILES string of the molecule is CCC[C@H](NC(=O)[C@@H]1[C@@H]2[C@H](CN1C(=O)[C@@H](NC(=O)NC1(C3CCCCS3(=O)=O)CCCCC1)C(C)(C)C)C2(C)C)C(=O)C(=O)NC1CC1. The molecule has 12 nitrogen and oxygen atoms in total. The summed E-state index contributed by atoms with van der Waals surface area (Å²) < 4.78 is 26.5. The van der Waals surface area contributed by atoms with E-state index in [1.807, 2.05) is 27.7 Å². The maximum absolute atomic E-state index is 14.5. The van der Waals surface area contributed by atoms with Gasteiger partial charge in [0.25, 0.3) is 5.91 Å². The first-order chi connectivity index (χ1) is 22.4. The number of likely N-dealkylation sites (tertiary alicyclic amines) is 1. The largest absolute Gasteiger partial charge is 0.347 e. The zero-order chi connectivity index (χ0) is 35.2. The first-order valence-electron chi connectivity index (χ1n) is 18.2.